The van der Waals surface area contributed by atoms with Crippen LogP contribution < -0.4 is 10.2 Å². The number of amides is 1. The Kier molecular flexibility index (Phi) is 5.37. The lowest BCUT2D eigenvalue weighted by Crippen LogP contribution is -2.36. The van der Waals surface area contributed by atoms with E-state index < -0.39 is 12.2 Å². The van der Waals surface area contributed by atoms with Crippen LogP contribution in [0.1, 0.15) is 5.56 Å². The first-order chi connectivity index (χ1) is 13.7. The van der Waals surface area contributed by atoms with Crippen molar-refractivity contribution >= 4 is 38.5 Å². The molecule has 28 heavy (non-hydrogen) atoms. The van der Waals surface area contributed by atoms with Gasteiger partial charge in [0.1, 0.15) is 12.2 Å². The Balaban J connectivity index is 1.44. The van der Waals surface area contributed by atoms with Crippen LogP contribution >= 0.6 is 11.3 Å². The number of rotatable bonds is 3. The van der Waals surface area contributed by atoms with Crippen LogP contribution in [0.4, 0.5) is 15.6 Å². The maximum absolute atomic E-state index is 12.3. The molecule has 1 aromatic heterocycles. The van der Waals surface area contributed by atoms with Crippen LogP contribution in [-0.2, 0) is 9.47 Å². The molecule has 2 heterocycles. The van der Waals surface area contributed by atoms with Crippen molar-refractivity contribution in [3.05, 3.63) is 54.1 Å². The number of carbonyl (C=O) groups is 1. The van der Waals surface area contributed by atoms with E-state index in [1.807, 2.05) is 30.3 Å². The molecule has 1 N–H and O–H groups in total. The molecule has 4 rings (SSSR count). The van der Waals surface area contributed by atoms with Gasteiger partial charge in [0.2, 0.25) is 0 Å². The van der Waals surface area contributed by atoms with Crippen LogP contribution in [0.3, 0.4) is 0 Å². The predicted molar refractivity (Wildman–Crippen MR) is 108 cm³/mol. The summed E-state index contributed by atoms with van der Waals surface area (Å²) >= 11 is 1.61. The molecule has 0 spiro atoms. The summed E-state index contributed by atoms with van der Waals surface area (Å²) in [4.78, 5) is 19.1. The van der Waals surface area contributed by atoms with Gasteiger partial charge < -0.3 is 14.4 Å². The summed E-state index contributed by atoms with van der Waals surface area (Å²) in [5.74, 6) is 0. The molecular formula is C20H18N4O3S. The third kappa shape index (κ3) is 4.06. The summed E-state index contributed by atoms with van der Waals surface area (Å²) in [5, 5.41) is 12.7. The highest BCUT2D eigenvalue weighted by molar-refractivity contribution is 7.22. The van der Waals surface area contributed by atoms with Crippen molar-refractivity contribution in [2.45, 2.75) is 6.10 Å². The molecular weight excluding hydrogens is 376 g/mol. The SMILES string of the molecule is N#Cc1ccccc1NC(=O)O[C@H]1COCCN(c2nc3ccccc3s2)C1. The summed E-state index contributed by atoms with van der Waals surface area (Å²) < 4.78 is 12.3. The normalized spacial score (nSPS) is 17.0. The van der Waals surface area contributed by atoms with Crippen molar-refractivity contribution in [2.75, 3.05) is 36.5 Å². The fourth-order valence-electron chi connectivity index (χ4n) is 3.00. The number of carbonyl (C=O) groups excluding carboxylic acids is 1. The Morgan fingerprint density at radius 3 is 2.96 bits per heavy atom. The highest BCUT2D eigenvalue weighted by atomic mass is 32.1. The number of nitrogens with one attached hydrogen (secondary N) is 1. The Bertz CT molecular complexity index is 996. The number of thiazole rings is 1. The average molecular weight is 394 g/mol. The molecule has 142 valence electrons. The van der Waals surface area contributed by atoms with Gasteiger partial charge in [0.25, 0.3) is 0 Å². The largest absolute Gasteiger partial charge is 0.442 e. The molecule has 0 unspecified atom stereocenters. The average Bonchev–Trinajstić information content (AvgIpc) is 3.01. The fourth-order valence-corrected chi connectivity index (χ4v) is 4.00. The minimum Gasteiger partial charge on any atom is -0.442 e. The molecule has 1 aliphatic rings. The second-order valence-electron chi connectivity index (χ2n) is 6.29. The third-order valence-corrected chi connectivity index (χ3v) is 5.44. The molecule has 2 aromatic carbocycles. The van der Waals surface area contributed by atoms with Crippen LogP contribution in [0.15, 0.2) is 48.5 Å². The quantitative estimate of drug-likeness (QED) is 0.730. The van der Waals surface area contributed by atoms with Gasteiger partial charge in [-0.2, -0.15) is 5.26 Å². The Morgan fingerprint density at radius 1 is 1.29 bits per heavy atom. The lowest BCUT2D eigenvalue weighted by molar-refractivity contribution is 0.0444. The number of aromatic nitrogens is 1. The highest BCUT2D eigenvalue weighted by Crippen LogP contribution is 2.29. The third-order valence-electron chi connectivity index (χ3n) is 4.34. The summed E-state index contributed by atoms with van der Waals surface area (Å²) in [7, 11) is 0. The molecule has 1 fully saturated rings. The number of hydrogen-bond acceptors (Lipinski definition) is 7. The number of benzene rings is 2. The van der Waals surface area contributed by atoms with Crippen LogP contribution in [0.5, 0.6) is 0 Å². The van der Waals surface area contributed by atoms with E-state index in [0.29, 0.717) is 37.6 Å². The van der Waals surface area contributed by atoms with Crippen LogP contribution in [0.2, 0.25) is 0 Å². The van der Waals surface area contributed by atoms with E-state index in [9.17, 15) is 4.79 Å². The van der Waals surface area contributed by atoms with Crippen molar-refractivity contribution in [1.29, 1.82) is 5.26 Å². The zero-order valence-corrected chi connectivity index (χ0v) is 15.8. The van der Waals surface area contributed by atoms with Crippen LogP contribution in [0, 0.1) is 11.3 Å². The van der Waals surface area contributed by atoms with Crippen molar-refractivity contribution in [3.8, 4) is 6.07 Å². The minimum absolute atomic E-state index is 0.314. The van der Waals surface area contributed by atoms with E-state index in [1.54, 1.807) is 35.6 Å². The van der Waals surface area contributed by atoms with Gasteiger partial charge in [-0.05, 0) is 24.3 Å². The van der Waals surface area contributed by atoms with Gasteiger partial charge >= 0.3 is 6.09 Å². The van der Waals surface area contributed by atoms with Gasteiger partial charge in [-0.3, -0.25) is 5.32 Å². The molecule has 1 aliphatic heterocycles. The second kappa shape index (κ2) is 8.25. The van der Waals surface area contributed by atoms with Gasteiger partial charge in [0, 0.05) is 6.54 Å². The van der Waals surface area contributed by atoms with E-state index in [1.165, 1.54) is 0 Å². The zero-order valence-electron chi connectivity index (χ0n) is 15.0. The first-order valence-corrected chi connectivity index (χ1v) is 9.69. The Labute approximate surface area is 166 Å². The van der Waals surface area contributed by atoms with E-state index in [0.717, 1.165) is 15.3 Å². The number of fused-ring (bicyclic) bond motifs is 1. The lowest BCUT2D eigenvalue weighted by atomic mass is 10.2. The highest BCUT2D eigenvalue weighted by Gasteiger charge is 2.24. The molecule has 0 bridgehead atoms. The maximum atomic E-state index is 12.3. The molecule has 1 atom stereocenters. The van der Waals surface area contributed by atoms with Gasteiger partial charge in [-0.1, -0.05) is 35.6 Å². The number of hydrogen-bond donors (Lipinski definition) is 1. The van der Waals surface area contributed by atoms with Gasteiger partial charge in [0.05, 0.1) is 41.2 Å². The maximum Gasteiger partial charge on any atom is 0.412 e. The number of para-hydroxylation sites is 2. The number of nitriles is 1. The minimum atomic E-state index is -0.609. The molecule has 8 heteroatoms. The summed E-state index contributed by atoms with van der Waals surface area (Å²) in [6, 6.07) is 16.8. The molecule has 7 nitrogen and oxygen atoms in total. The first kappa shape index (κ1) is 18.2. The summed E-state index contributed by atoms with van der Waals surface area (Å²) in [6.45, 7) is 2.02. The van der Waals surface area contributed by atoms with E-state index in [-0.39, 0.29) is 0 Å². The van der Waals surface area contributed by atoms with E-state index in [2.05, 4.69) is 15.2 Å². The van der Waals surface area contributed by atoms with Crippen molar-refractivity contribution in [1.82, 2.24) is 4.98 Å². The Morgan fingerprint density at radius 2 is 2.11 bits per heavy atom. The van der Waals surface area contributed by atoms with E-state index in [4.69, 9.17) is 14.7 Å². The standard InChI is InChI=1S/C20H18N4O3S/c21-11-14-5-1-2-6-16(14)23-20(25)27-15-12-24(9-10-26-13-15)19-22-17-7-3-4-8-18(17)28-19/h1-8,15H,9-10,12-13H2,(H,23,25)/t15-/m1/s1. The van der Waals surface area contributed by atoms with Gasteiger partial charge in [-0.15, -0.1) is 0 Å². The second-order valence-corrected chi connectivity index (χ2v) is 7.30. The molecule has 0 aliphatic carbocycles. The van der Waals surface area contributed by atoms with Crippen molar-refractivity contribution < 1.29 is 14.3 Å². The topological polar surface area (TPSA) is 87.5 Å². The zero-order chi connectivity index (χ0) is 19.3. The number of nitrogens with zero attached hydrogens (tertiary/aromatic N) is 3. The lowest BCUT2D eigenvalue weighted by Gasteiger charge is -2.23. The number of ether oxygens (including phenoxy) is 2. The monoisotopic (exact) mass is 394 g/mol. The molecule has 0 saturated carbocycles. The molecule has 0 radical (unpaired) electrons. The first-order valence-electron chi connectivity index (χ1n) is 8.88. The summed E-state index contributed by atoms with van der Waals surface area (Å²) in [5.41, 5.74) is 1.76. The van der Waals surface area contributed by atoms with Crippen molar-refractivity contribution in [3.63, 3.8) is 0 Å². The molecule has 1 amide bonds. The molecule has 1 saturated heterocycles. The van der Waals surface area contributed by atoms with Crippen LogP contribution in [-0.4, -0.2) is 43.5 Å². The predicted octanol–water partition coefficient (Wildman–Crippen LogP) is 3.62. The van der Waals surface area contributed by atoms with E-state index >= 15 is 0 Å². The molecule has 3 aromatic rings. The fraction of sp³-hybridized carbons (Fsp3) is 0.250. The van der Waals surface area contributed by atoms with Crippen molar-refractivity contribution in [2.24, 2.45) is 0 Å². The van der Waals surface area contributed by atoms with Crippen LogP contribution in [0.25, 0.3) is 10.2 Å². The van der Waals surface area contributed by atoms with Gasteiger partial charge in [0.15, 0.2) is 5.13 Å². The number of anilines is 2. The Hall–Kier alpha value is -3.15. The smallest absolute Gasteiger partial charge is 0.412 e. The van der Waals surface area contributed by atoms with Gasteiger partial charge in [-0.25, -0.2) is 9.78 Å². The summed E-state index contributed by atoms with van der Waals surface area (Å²) in [6.07, 6.45) is -1.05.